The van der Waals surface area contributed by atoms with E-state index in [9.17, 15) is 14.4 Å². The highest BCUT2D eigenvalue weighted by Crippen LogP contribution is 2.30. The van der Waals surface area contributed by atoms with Crippen molar-refractivity contribution in [1.29, 1.82) is 0 Å². The number of fused-ring (bicyclic) bond motifs is 3. The number of ether oxygens (including phenoxy) is 2. The first-order chi connectivity index (χ1) is 12.8. The summed E-state index contributed by atoms with van der Waals surface area (Å²) in [6, 6.07) is 1.61. The van der Waals surface area contributed by atoms with E-state index in [4.69, 9.17) is 13.9 Å². The van der Waals surface area contributed by atoms with Gasteiger partial charge in [-0.05, 0) is 32.1 Å². The number of Topliss-reactive ketones (excluding diaryl/α,β-unsaturated/α-hetero) is 1. The number of hydrogen-bond donors (Lipinski definition) is 0. The molecule has 1 aromatic heterocycles. The molecular formula is C21H22O6. The molecule has 2 atom stereocenters. The van der Waals surface area contributed by atoms with Crippen molar-refractivity contribution < 1.29 is 28.3 Å². The van der Waals surface area contributed by atoms with Gasteiger partial charge in [0.15, 0.2) is 0 Å². The van der Waals surface area contributed by atoms with Crippen LogP contribution in [0.15, 0.2) is 39.9 Å². The van der Waals surface area contributed by atoms with Crippen LogP contribution in [0.4, 0.5) is 0 Å². The Balaban J connectivity index is 2.08. The average molecular weight is 370 g/mol. The monoisotopic (exact) mass is 370 g/mol. The minimum Gasteiger partial charge on any atom is -0.465 e. The second kappa shape index (κ2) is 7.39. The van der Waals surface area contributed by atoms with Crippen molar-refractivity contribution >= 4 is 23.8 Å². The van der Waals surface area contributed by atoms with E-state index in [0.29, 0.717) is 34.7 Å². The highest BCUT2D eigenvalue weighted by molar-refractivity contribution is 5.99. The lowest BCUT2D eigenvalue weighted by molar-refractivity contribution is -0.140. The summed E-state index contributed by atoms with van der Waals surface area (Å²) in [6.07, 6.45) is 3.74. The van der Waals surface area contributed by atoms with Crippen LogP contribution >= 0.6 is 0 Å². The van der Waals surface area contributed by atoms with Crippen molar-refractivity contribution in [2.24, 2.45) is 5.92 Å². The Kier molecular flexibility index (Phi) is 5.17. The topological polar surface area (TPSA) is 82.8 Å². The van der Waals surface area contributed by atoms with Gasteiger partial charge in [0.25, 0.3) is 0 Å². The molecule has 3 heterocycles. The van der Waals surface area contributed by atoms with Crippen LogP contribution in [0.2, 0.25) is 0 Å². The van der Waals surface area contributed by atoms with Gasteiger partial charge in [-0.1, -0.05) is 17.7 Å². The molecule has 0 saturated carbocycles. The molecule has 27 heavy (non-hydrogen) atoms. The van der Waals surface area contributed by atoms with Crippen LogP contribution in [0.3, 0.4) is 0 Å². The second-order valence-electron chi connectivity index (χ2n) is 7.05. The number of furan rings is 1. The van der Waals surface area contributed by atoms with Crippen LogP contribution in [-0.4, -0.2) is 30.9 Å². The van der Waals surface area contributed by atoms with Gasteiger partial charge in [0.2, 0.25) is 0 Å². The molecule has 2 aliphatic rings. The zero-order valence-corrected chi connectivity index (χ0v) is 15.7. The predicted molar refractivity (Wildman–Crippen MR) is 97.9 cm³/mol. The van der Waals surface area contributed by atoms with E-state index in [1.54, 1.807) is 25.1 Å². The Morgan fingerprint density at radius 2 is 2.04 bits per heavy atom. The Hall–Kier alpha value is -2.89. The SMILES string of the molecule is C=C(C)[C@H]1Cc2oc(cc2C(=O)OC)/C=C(/C)C[C@H]2C=C(CC1=O)C(=O)O2. The molecule has 6 heteroatoms. The summed E-state index contributed by atoms with van der Waals surface area (Å²) in [5.74, 6) is -0.847. The molecule has 0 amide bonds. The molecule has 0 unspecified atom stereocenters. The zero-order chi connectivity index (χ0) is 19.7. The van der Waals surface area contributed by atoms with E-state index in [2.05, 4.69) is 6.58 Å². The average Bonchev–Trinajstić information content (AvgIpc) is 3.14. The first-order valence-electron chi connectivity index (χ1n) is 8.76. The molecular weight excluding hydrogens is 348 g/mol. The van der Waals surface area contributed by atoms with E-state index >= 15 is 0 Å². The van der Waals surface area contributed by atoms with E-state index in [0.717, 1.165) is 5.57 Å². The normalized spacial score (nSPS) is 24.6. The summed E-state index contributed by atoms with van der Waals surface area (Å²) in [7, 11) is 1.30. The minimum absolute atomic E-state index is 0.0310. The van der Waals surface area contributed by atoms with Crippen LogP contribution in [0.25, 0.3) is 6.08 Å². The summed E-state index contributed by atoms with van der Waals surface area (Å²) < 4.78 is 16.0. The number of carbonyl (C=O) groups is 3. The molecule has 6 nitrogen and oxygen atoms in total. The Morgan fingerprint density at radius 3 is 2.70 bits per heavy atom. The highest BCUT2D eigenvalue weighted by Gasteiger charge is 2.32. The third-order valence-electron chi connectivity index (χ3n) is 4.79. The Morgan fingerprint density at radius 1 is 1.30 bits per heavy atom. The van der Waals surface area contributed by atoms with Crippen molar-refractivity contribution in [2.45, 2.75) is 39.2 Å². The number of esters is 2. The van der Waals surface area contributed by atoms with Gasteiger partial charge >= 0.3 is 11.9 Å². The molecule has 4 bridgehead atoms. The van der Waals surface area contributed by atoms with Crippen LogP contribution in [-0.2, 0) is 25.5 Å². The lowest BCUT2D eigenvalue weighted by Gasteiger charge is -2.15. The van der Waals surface area contributed by atoms with Gasteiger partial charge in [-0.25, -0.2) is 9.59 Å². The van der Waals surface area contributed by atoms with Crippen LogP contribution in [0, 0.1) is 5.92 Å². The van der Waals surface area contributed by atoms with Crippen molar-refractivity contribution in [3.63, 3.8) is 0 Å². The van der Waals surface area contributed by atoms with E-state index < -0.39 is 24.0 Å². The number of allylic oxidation sites excluding steroid dienone is 1. The maximum Gasteiger partial charge on any atom is 0.341 e. The first kappa shape index (κ1) is 18.9. The van der Waals surface area contributed by atoms with Crippen molar-refractivity contribution in [2.75, 3.05) is 7.11 Å². The van der Waals surface area contributed by atoms with Crippen LogP contribution in [0.1, 0.15) is 48.6 Å². The number of hydrogen-bond acceptors (Lipinski definition) is 6. The molecule has 0 aliphatic carbocycles. The maximum atomic E-state index is 12.8. The molecule has 3 rings (SSSR count). The van der Waals surface area contributed by atoms with E-state index in [1.165, 1.54) is 7.11 Å². The van der Waals surface area contributed by atoms with Gasteiger partial charge < -0.3 is 13.9 Å². The predicted octanol–water partition coefficient (Wildman–Crippen LogP) is 3.42. The quantitative estimate of drug-likeness (QED) is 0.586. The van der Waals surface area contributed by atoms with Crippen molar-refractivity contribution in [3.8, 4) is 0 Å². The molecule has 1 aromatic rings. The fourth-order valence-corrected chi connectivity index (χ4v) is 3.40. The fraction of sp³-hybridized carbons (Fsp3) is 0.381. The van der Waals surface area contributed by atoms with Gasteiger partial charge in [-0.3, -0.25) is 4.79 Å². The third kappa shape index (κ3) is 3.94. The molecule has 0 N–H and O–H groups in total. The molecule has 0 radical (unpaired) electrons. The smallest absolute Gasteiger partial charge is 0.341 e. The van der Waals surface area contributed by atoms with Crippen LogP contribution in [0.5, 0.6) is 0 Å². The standard InChI is InChI=1S/C21H22O6/c1-11(2)16-10-19-17(21(24)25-4)9-15(26-19)6-12(3)5-14-7-13(8-18(16)22)20(23)27-14/h6-7,9,14,16H,1,5,8,10H2,2-4H3/b12-6-/t14-,16+/m0/s1. The van der Waals surface area contributed by atoms with E-state index in [-0.39, 0.29) is 18.6 Å². The van der Waals surface area contributed by atoms with Gasteiger partial charge in [-0.15, -0.1) is 0 Å². The lowest BCUT2D eigenvalue weighted by Crippen LogP contribution is -2.21. The fourth-order valence-electron chi connectivity index (χ4n) is 3.40. The second-order valence-corrected chi connectivity index (χ2v) is 7.05. The van der Waals surface area contributed by atoms with E-state index in [1.807, 2.05) is 6.92 Å². The molecule has 2 aliphatic heterocycles. The molecule has 0 spiro atoms. The number of rotatable bonds is 2. The third-order valence-corrected chi connectivity index (χ3v) is 4.79. The molecule has 142 valence electrons. The molecule has 0 aromatic carbocycles. The molecule has 0 saturated heterocycles. The number of methoxy groups -OCH3 is 1. The highest BCUT2D eigenvalue weighted by atomic mass is 16.5. The summed E-state index contributed by atoms with van der Waals surface area (Å²) in [4.78, 5) is 37.1. The maximum absolute atomic E-state index is 12.8. The van der Waals surface area contributed by atoms with Crippen molar-refractivity contribution in [3.05, 3.63) is 52.5 Å². The largest absolute Gasteiger partial charge is 0.465 e. The van der Waals surface area contributed by atoms with Gasteiger partial charge in [0, 0.05) is 30.8 Å². The van der Waals surface area contributed by atoms with Gasteiger partial charge in [0.05, 0.1) is 7.11 Å². The number of ketones is 1. The Labute approximate surface area is 157 Å². The first-order valence-corrected chi connectivity index (χ1v) is 8.76. The van der Waals surface area contributed by atoms with Crippen molar-refractivity contribution in [1.82, 2.24) is 0 Å². The van der Waals surface area contributed by atoms with Gasteiger partial charge in [-0.2, -0.15) is 0 Å². The summed E-state index contributed by atoms with van der Waals surface area (Å²) >= 11 is 0. The summed E-state index contributed by atoms with van der Waals surface area (Å²) in [6.45, 7) is 7.54. The number of carbonyl (C=O) groups excluding carboxylic acids is 3. The van der Waals surface area contributed by atoms with Crippen LogP contribution < -0.4 is 0 Å². The Bertz CT molecular complexity index is 882. The van der Waals surface area contributed by atoms with Gasteiger partial charge in [0.1, 0.15) is 29.0 Å². The molecule has 0 fully saturated rings. The minimum atomic E-state index is -0.578. The summed E-state index contributed by atoms with van der Waals surface area (Å²) in [5.41, 5.74) is 2.22. The lowest BCUT2D eigenvalue weighted by atomic mass is 9.88. The summed E-state index contributed by atoms with van der Waals surface area (Å²) in [5, 5.41) is 0. The zero-order valence-electron chi connectivity index (χ0n) is 15.7.